The van der Waals surface area contributed by atoms with Crippen molar-refractivity contribution >= 4 is 11.6 Å². The van der Waals surface area contributed by atoms with Crippen molar-refractivity contribution in [3.05, 3.63) is 65.2 Å². The zero-order valence-electron chi connectivity index (χ0n) is 16.6. The first-order valence-corrected chi connectivity index (χ1v) is 9.95. The van der Waals surface area contributed by atoms with Crippen molar-refractivity contribution in [3.63, 3.8) is 0 Å². The highest BCUT2D eigenvalue weighted by atomic mass is 19.4. The van der Waals surface area contributed by atoms with Crippen molar-refractivity contribution in [1.82, 2.24) is 10.2 Å². The molecule has 0 aromatic heterocycles. The van der Waals surface area contributed by atoms with Gasteiger partial charge in [0.25, 0.3) is 0 Å². The van der Waals surface area contributed by atoms with Crippen LogP contribution in [0, 0.1) is 0 Å². The standard InChI is InChI=1S/C22H26F3N3O2/c23-22(24,25)18-2-1-3-19(12-18)26-14-21(30)27-13-16-4-6-17(7-5-16)15-28-10-8-20(29)9-11-28/h1-7,12,20,26,29H,8-11,13-15H2,(H,27,30). The summed E-state index contributed by atoms with van der Waals surface area (Å²) < 4.78 is 38.2. The van der Waals surface area contributed by atoms with E-state index in [1.54, 1.807) is 0 Å². The molecule has 1 aliphatic heterocycles. The maximum Gasteiger partial charge on any atom is 0.416 e. The summed E-state index contributed by atoms with van der Waals surface area (Å²) in [5, 5.41) is 15.0. The molecule has 8 heteroatoms. The molecule has 162 valence electrons. The van der Waals surface area contributed by atoms with E-state index in [2.05, 4.69) is 15.5 Å². The van der Waals surface area contributed by atoms with E-state index >= 15 is 0 Å². The van der Waals surface area contributed by atoms with Crippen LogP contribution in [0.1, 0.15) is 29.5 Å². The SMILES string of the molecule is O=C(CNc1cccc(C(F)(F)F)c1)NCc1ccc(CN2CCC(O)CC2)cc1. The van der Waals surface area contributed by atoms with Gasteiger partial charge in [-0.25, -0.2) is 0 Å². The van der Waals surface area contributed by atoms with Crippen LogP contribution in [0.3, 0.4) is 0 Å². The fourth-order valence-electron chi connectivity index (χ4n) is 3.35. The van der Waals surface area contributed by atoms with Gasteiger partial charge in [0.05, 0.1) is 18.2 Å². The number of likely N-dealkylation sites (tertiary alicyclic amines) is 1. The molecule has 0 atom stereocenters. The van der Waals surface area contributed by atoms with Crippen LogP contribution in [0.4, 0.5) is 18.9 Å². The van der Waals surface area contributed by atoms with Gasteiger partial charge in [-0.2, -0.15) is 13.2 Å². The molecule has 0 bridgehead atoms. The molecular weight excluding hydrogens is 395 g/mol. The molecule has 0 unspecified atom stereocenters. The van der Waals surface area contributed by atoms with E-state index < -0.39 is 11.7 Å². The lowest BCUT2D eigenvalue weighted by atomic mass is 10.1. The van der Waals surface area contributed by atoms with Crippen molar-refractivity contribution in [3.8, 4) is 0 Å². The molecule has 30 heavy (non-hydrogen) atoms. The van der Waals surface area contributed by atoms with E-state index in [9.17, 15) is 23.1 Å². The molecule has 1 heterocycles. The number of benzene rings is 2. The van der Waals surface area contributed by atoms with Crippen molar-refractivity contribution in [2.75, 3.05) is 25.0 Å². The Morgan fingerprint density at radius 1 is 1.07 bits per heavy atom. The van der Waals surface area contributed by atoms with Gasteiger partial charge in [0.1, 0.15) is 0 Å². The summed E-state index contributed by atoms with van der Waals surface area (Å²) in [6.07, 6.45) is -2.99. The molecule has 1 amide bonds. The van der Waals surface area contributed by atoms with Gasteiger partial charge < -0.3 is 15.7 Å². The number of piperidine rings is 1. The normalized spacial score (nSPS) is 15.7. The Morgan fingerprint density at radius 2 is 1.73 bits per heavy atom. The summed E-state index contributed by atoms with van der Waals surface area (Å²) in [5.74, 6) is -0.302. The number of alkyl halides is 3. The predicted molar refractivity (Wildman–Crippen MR) is 109 cm³/mol. The monoisotopic (exact) mass is 421 g/mol. The van der Waals surface area contributed by atoms with Crippen LogP contribution in [0.15, 0.2) is 48.5 Å². The summed E-state index contributed by atoms with van der Waals surface area (Å²) >= 11 is 0. The zero-order valence-corrected chi connectivity index (χ0v) is 16.6. The maximum absolute atomic E-state index is 12.7. The summed E-state index contributed by atoms with van der Waals surface area (Å²) in [5.41, 5.74) is 1.61. The van der Waals surface area contributed by atoms with Crippen molar-refractivity contribution in [2.24, 2.45) is 0 Å². The Morgan fingerprint density at radius 3 is 2.40 bits per heavy atom. The first kappa shape index (κ1) is 22.1. The molecular formula is C22H26F3N3O2. The summed E-state index contributed by atoms with van der Waals surface area (Å²) in [6.45, 7) is 2.84. The van der Waals surface area contributed by atoms with Gasteiger partial charge >= 0.3 is 6.18 Å². The number of amides is 1. The van der Waals surface area contributed by atoms with Gasteiger partial charge in [-0.15, -0.1) is 0 Å². The Hall–Kier alpha value is -2.58. The molecule has 5 nitrogen and oxygen atoms in total. The molecule has 3 N–H and O–H groups in total. The Kier molecular flexibility index (Phi) is 7.33. The number of hydrogen-bond acceptors (Lipinski definition) is 4. The lowest BCUT2D eigenvalue weighted by Gasteiger charge is -2.29. The fraction of sp³-hybridized carbons (Fsp3) is 0.409. The van der Waals surface area contributed by atoms with E-state index in [1.807, 2.05) is 24.3 Å². The van der Waals surface area contributed by atoms with Gasteiger partial charge in [0.15, 0.2) is 0 Å². The minimum absolute atomic E-state index is 0.111. The second kappa shape index (κ2) is 9.95. The fourth-order valence-corrected chi connectivity index (χ4v) is 3.35. The average Bonchev–Trinajstić information content (AvgIpc) is 2.73. The highest BCUT2D eigenvalue weighted by Crippen LogP contribution is 2.30. The van der Waals surface area contributed by atoms with E-state index in [-0.39, 0.29) is 24.2 Å². The summed E-state index contributed by atoms with van der Waals surface area (Å²) in [4.78, 5) is 14.3. The van der Waals surface area contributed by atoms with Crippen LogP contribution in [0.5, 0.6) is 0 Å². The molecule has 2 aromatic carbocycles. The van der Waals surface area contributed by atoms with E-state index in [0.29, 0.717) is 6.54 Å². The van der Waals surface area contributed by atoms with Crippen LogP contribution >= 0.6 is 0 Å². The van der Waals surface area contributed by atoms with Crippen LogP contribution in [0.25, 0.3) is 0 Å². The maximum atomic E-state index is 12.7. The molecule has 1 aliphatic rings. The topological polar surface area (TPSA) is 64.6 Å². The first-order valence-electron chi connectivity index (χ1n) is 9.95. The van der Waals surface area contributed by atoms with Gasteiger partial charge in [-0.05, 0) is 42.2 Å². The number of aliphatic hydroxyl groups is 1. The molecule has 3 rings (SSSR count). The largest absolute Gasteiger partial charge is 0.416 e. The van der Waals surface area contributed by atoms with E-state index in [4.69, 9.17) is 0 Å². The number of hydrogen-bond donors (Lipinski definition) is 3. The lowest BCUT2D eigenvalue weighted by molar-refractivity contribution is -0.137. The minimum Gasteiger partial charge on any atom is -0.393 e. The van der Waals surface area contributed by atoms with Crippen molar-refractivity contribution in [2.45, 2.75) is 38.2 Å². The van der Waals surface area contributed by atoms with Crippen LogP contribution in [0.2, 0.25) is 0 Å². The summed E-state index contributed by atoms with van der Waals surface area (Å²) in [7, 11) is 0. The van der Waals surface area contributed by atoms with E-state index in [1.165, 1.54) is 17.7 Å². The molecule has 0 radical (unpaired) electrons. The average molecular weight is 421 g/mol. The summed E-state index contributed by atoms with van der Waals surface area (Å²) in [6, 6.07) is 12.7. The Balaban J connectivity index is 1.41. The van der Waals surface area contributed by atoms with Gasteiger partial charge in [-0.3, -0.25) is 9.69 Å². The number of nitrogens with zero attached hydrogens (tertiary/aromatic N) is 1. The number of nitrogens with one attached hydrogen (secondary N) is 2. The second-order valence-corrected chi connectivity index (χ2v) is 7.53. The van der Waals surface area contributed by atoms with Crippen LogP contribution in [-0.2, 0) is 24.1 Å². The molecule has 1 saturated heterocycles. The number of carbonyl (C=O) groups excluding carboxylic acids is 1. The van der Waals surface area contributed by atoms with Gasteiger partial charge in [-0.1, -0.05) is 30.3 Å². The third-order valence-corrected chi connectivity index (χ3v) is 5.12. The smallest absolute Gasteiger partial charge is 0.393 e. The van der Waals surface area contributed by atoms with Crippen LogP contribution < -0.4 is 10.6 Å². The minimum atomic E-state index is -4.42. The molecule has 0 spiro atoms. The van der Waals surface area contributed by atoms with Crippen molar-refractivity contribution in [1.29, 1.82) is 0 Å². The third kappa shape index (κ3) is 6.74. The van der Waals surface area contributed by atoms with E-state index in [0.717, 1.165) is 50.2 Å². The van der Waals surface area contributed by atoms with Gasteiger partial charge in [0, 0.05) is 31.9 Å². The number of carbonyl (C=O) groups is 1. The highest BCUT2D eigenvalue weighted by Gasteiger charge is 2.30. The Labute approximate surface area is 173 Å². The Bertz CT molecular complexity index is 832. The molecule has 1 fully saturated rings. The zero-order chi connectivity index (χ0) is 21.6. The molecule has 0 aliphatic carbocycles. The third-order valence-electron chi connectivity index (χ3n) is 5.12. The number of halogens is 3. The highest BCUT2D eigenvalue weighted by molar-refractivity contribution is 5.80. The van der Waals surface area contributed by atoms with Crippen molar-refractivity contribution < 1.29 is 23.1 Å². The first-order chi connectivity index (χ1) is 14.3. The lowest BCUT2D eigenvalue weighted by Crippen LogP contribution is -2.35. The van der Waals surface area contributed by atoms with Gasteiger partial charge in [0.2, 0.25) is 5.91 Å². The predicted octanol–water partition coefficient (Wildman–Crippen LogP) is 3.39. The quantitative estimate of drug-likeness (QED) is 0.641. The van der Waals surface area contributed by atoms with Crippen LogP contribution in [-0.4, -0.2) is 41.7 Å². The number of aliphatic hydroxyl groups excluding tert-OH is 1. The molecule has 0 saturated carbocycles. The second-order valence-electron chi connectivity index (χ2n) is 7.53. The number of rotatable bonds is 7. The molecule has 2 aromatic rings. The number of anilines is 1.